The van der Waals surface area contributed by atoms with Gasteiger partial charge in [0.05, 0.1) is 23.6 Å². The maximum absolute atomic E-state index is 12.5. The lowest BCUT2D eigenvalue weighted by Gasteiger charge is -2.11. The van der Waals surface area contributed by atoms with Crippen molar-refractivity contribution in [1.82, 2.24) is 4.98 Å². The second kappa shape index (κ2) is 8.97. The Balaban J connectivity index is 1.65. The number of hydrogen-bond donors (Lipinski definition) is 2. The van der Waals surface area contributed by atoms with Crippen LogP contribution in [0.15, 0.2) is 47.3 Å². The van der Waals surface area contributed by atoms with E-state index in [4.69, 9.17) is 4.74 Å². The Morgan fingerprint density at radius 3 is 2.68 bits per heavy atom. The summed E-state index contributed by atoms with van der Waals surface area (Å²) in [5.74, 6) is 1.40. The number of para-hydroxylation sites is 2. The van der Waals surface area contributed by atoms with Crippen molar-refractivity contribution in [1.29, 1.82) is 0 Å². The molecule has 0 unspecified atom stereocenters. The van der Waals surface area contributed by atoms with Crippen LogP contribution >= 0.6 is 11.8 Å². The van der Waals surface area contributed by atoms with Crippen LogP contribution in [0.3, 0.4) is 0 Å². The number of anilines is 1. The van der Waals surface area contributed by atoms with Gasteiger partial charge in [0.15, 0.2) is 5.43 Å². The van der Waals surface area contributed by atoms with E-state index in [0.29, 0.717) is 23.8 Å². The molecule has 0 bridgehead atoms. The van der Waals surface area contributed by atoms with E-state index >= 15 is 0 Å². The molecular weight excluding hydrogens is 372 g/mol. The average molecular weight is 397 g/mol. The number of carbonyl (C=O) groups is 1. The monoisotopic (exact) mass is 396 g/mol. The van der Waals surface area contributed by atoms with Crippen molar-refractivity contribution in [2.45, 2.75) is 26.5 Å². The Morgan fingerprint density at radius 1 is 1.14 bits per heavy atom. The normalized spacial score (nSPS) is 10.8. The molecule has 0 saturated heterocycles. The number of nitrogens with one attached hydrogen (secondary N) is 2. The first-order chi connectivity index (χ1) is 13.5. The molecule has 0 saturated carbocycles. The fourth-order valence-corrected chi connectivity index (χ4v) is 3.82. The highest BCUT2D eigenvalue weighted by atomic mass is 32.2. The van der Waals surface area contributed by atoms with Crippen LogP contribution in [0.1, 0.15) is 23.7 Å². The molecule has 146 valence electrons. The van der Waals surface area contributed by atoms with Gasteiger partial charge in [-0.2, -0.15) is 0 Å². The van der Waals surface area contributed by atoms with E-state index in [2.05, 4.69) is 10.3 Å². The number of rotatable bonds is 7. The molecule has 3 rings (SSSR count). The number of benzene rings is 2. The molecule has 0 aliphatic carbocycles. The van der Waals surface area contributed by atoms with Crippen molar-refractivity contribution >= 4 is 34.3 Å². The number of H-pyrrole nitrogens is 1. The summed E-state index contributed by atoms with van der Waals surface area (Å²) in [6.45, 7) is 6.37. The van der Waals surface area contributed by atoms with Gasteiger partial charge in [-0.3, -0.25) is 9.59 Å². The third kappa shape index (κ3) is 4.57. The Kier molecular flexibility index (Phi) is 6.41. The van der Waals surface area contributed by atoms with Crippen molar-refractivity contribution in [3.63, 3.8) is 0 Å². The maximum atomic E-state index is 12.5. The van der Waals surface area contributed by atoms with E-state index in [0.717, 1.165) is 27.7 Å². The summed E-state index contributed by atoms with van der Waals surface area (Å²) in [6.07, 6.45) is 0. The minimum absolute atomic E-state index is 0.0145. The average Bonchev–Trinajstić information content (AvgIpc) is 2.66. The van der Waals surface area contributed by atoms with E-state index in [1.54, 1.807) is 6.07 Å². The van der Waals surface area contributed by atoms with Gasteiger partial charge in [0.1, 0.15) is 5.75 Å². The van der Waals surface area contributed by atoms with E-state index in [9.17, 15) is 9.59 Å². The van der Waals surface area contributed by atoms with Gasteiger partial charge in [0.2, 0.25) is 5.91 Å². The number of pyridine rings is 1. The highest BCUT2D eigenvalue weighted by molar-refractivity contribution is 7.99. The first kappa shape index (κ1) is 20.0. The summed E-state index contributed by atoms with van der Waals surface area (Å²) >= 11 is 1.46. The first-order valence-electron chi connectivity index (χ1n) is 9.21. The highest BCUT2D eigenvalue weighted by Crippen LogP contribution is 2.24. The number of aromatic amines is 1. The predicted octanol–water partition coefficient (Wildman–Crippen LogP) is 4.42. The lowest BCUT2D eigenvalue weighted by Crippen LogP contribution is -2.15. The van der Waals surface area contributed by atoms with Gasteiger partial charge in [-0.25, -0.2) is 0 Å². The molecule has 0 radical (unpaired) electrons. The van der Waals surface area contributed by atoms with Crippen molar-refractivity contribution < 1.29 is 9.53 Å². The largest absolute Gasteiger partial charge is 0.492 e. The summed E-state index contributed by atoms with van der Waals surface area (Å²) in [5.41, 5.74) is 4.38. The third-order valence-corrected chi connectivity index (χ3v) is 5.39. The molecule has 2 N–H and O–H groups in total. The summed E-state index contributed by atoms with van der Waals surface area (Å²) < 4.78 is 5.53. The maximum Gasteiger partial charge on any atom is 0.234 e. The Hall–Kier alpha value is -2.73. The number of carbonyl (C=O) groups excluding carboxylic acids is 1. The number of hydrogen-bond acceptors (Lipinski definition) is 4. The van der Waals surface area contributed by atoms with E-state index in [1.807, 2.05) is 57.2 Å². The molecule has 0 aliphatic heterocycles. The zero-order chi connectivity index (χ0) is 20.1. The lowest BCUT2D eigenvalue weighted by atomic mass is 10.0. The molecule has 1 heterocycles. The van der Waals surface area contributed by atoms with Crippen LogP contribution in [0.5, 0.6) is 5.75 Å². The quantitative estimate of drug-likeness (QED) is 0.620. The molecule has 1 amide bonds. The SMILES string of the molecule is CCOc1ccccc1NC(=O)CSCc1cc(=O)c2c(C)ccc(C)c2[nH]1. The van der Waals surface area contributed by atoms with Gasteiger partial charge in [-0.05, 0) is 44.0 Å². The molecule has 6 heteroatoms. The number of aromatic nitrogens is 1. The van der Waals surface area contributed by atoms with Crippen molar-refractivity contribution in [3.8, 4) is 5.75 Å². The molecule has 0 spiro atoms. The van der Waals surface area contributed by atoms with Crippen LogP contribution < -0.4 is 15.5 Å². The number of thioether (sulfide) groups is 1. The fraction of sp³-hybridized carbons (Fsp3) is 0.273. The fourth-order valence-electron chi connectivity index (χ4n) is 3.09. The van der Waals surface area contributed by atoms with Crippen LogP contribution in [0.4, 0.5) is 5.69 Å². The zero-order valence-corrected chi connectivity index (χ0v) is 17.1. The Labute approximate surface area is 168 Å². The third-order valence-electron chi connectivity index (χ3n) is 4.41. The van der Waals surface area contributed by atoms with E-state index in [-0.39, 0.29) is 17.1 Å². The van der Waals surface area contributed by atoms with Crippen LogP contribution in [-0.4, -0.2) is 23.3 Å². The number of amides is 1. The molecule has 5 nitrogen and oxygen atoms in total. The molecule has 0 aliphatic rings. The summed E-state index contributed by atoms with van der Waals surface area (Å²) in [4.78, 5) is 28.1. The van der Waals surface area contributed by atoms with Crippen LogP contribution in [0, 0.1) is 13.8 Å². The molecule has 2 aromatic carbocycles. The van der Waals surface area contributed by atoms with Gasteiger partial charge < -0.3 is 15.0 Å². The minimum Gasteiger partial charge on any atom is -0.492 e. The molecule has 3 aromatic rings. The van der Waals surface area contributed by atoms with E-state index < -0.39 is 0 Å². The zero-order valence-electron chi connectivity index (χ0n) is 16.3. The summed E-state index contributed by atoms with van der Waals surface area (Å²) in [6, 6.07) is 13.0. The number of ether oxygens (including phenoxy) is 1. The predicted molar refractivity (Wildman–Crippen MR) is 116 cm³/mol. The molecule has 1 aromatic heterocycles. The molecule has 28 heavy (non-hydrogen) atoms. The van der Waals surface area contributed by atoms with Gasteiger partial charge in [0.25, 0.3) is 0 Å². The van der Waals surface area contributed by atoms with Crippen molar-refractivity contribution in [3.05, 3.63) is 69.5 Å². The van der Waals surface area contributed by atoms with Crippen molar-refractivity contribution in [2.75, 3.05) is 17.7 Å². The smallest absolute Gasteiger partial charge is 0.234 e. The van der Waals surface area contributed by atoms with Gasteiger partial charge in [0, 0.05) is 22.9 Å². The molecule has 0 atom stereocenters. The van der Waals surface area contributed by atoms with Crippen molar-refractivity contribution in [2.24, 2.45) is 0 Å². The standard InChI is InChI=1S/C22H24N2O3S/c1-4-27-19-8-6-5-7-17(19)24-20(26)13-28-12-16-11-18(25)21-14(2)9-10-15(3)22(21)23-16/h5-11H,4,12-13H2,1-3H3,(H,23,25)(H,24,26). The van der Waals surface area contributed by atoms with Crippen LogP contribution in [-0.2, 0) is 10.5 Å². The summed E-state index contributed by atoms with van der Waals surface area (Å²) in [7, 11) is 0. The Bertz CT molecular complexity index is 1060. The number of fused-ring (bicyclic) bond motifs is 1. The first-order valence-corrected chi connectivity index (χ1v) is 10.4. The van der Waals surface area contributed by atoms with Gasteiger partial charge in [-0.1, -0.05) is 24.3 Å². The summed E-state index contributed by atoms with van der Waals surface area (Å²) in [5, 5.41) is 3.62. The topological polar surface area (TPSA) is 71.2 Å². The van der Waals surface area contributed by atoms with Gasteiger partial charge >= 0.3 is 0 Å². The van der Waals surface area contributed by atoms with Crippen LogP contribution in [0.2, 0.25) is 0 Å². The van der Waals surface area contributed by atoms with Crippen LogP contribution in [0.25, 0.3) is 10.9 Å². The van der Waals surface area contributed by atoms with E-state index in [1.165, 1.54) is 11.8 Å². The molecular formula is C22H24N2O3S. The second-order valence-corrected chi connectivity index (χ2v) is 7.56. The highest BCUT2D eigenvalue weighted by Gasteiger charge is 2.10. The minimum atomic E-state index is -0.104. The molecule has 0 fully saturated rings. The second-order valence-electron chi connectivity index (χ2n) is 6.58. The lowest BCUT2D eigenvalue weighted by molar-refractivity contribution is -0.113. The van der Waals surface area contributed by atoms with Gasteiger partial charge in [-0.15, -0.1) is 11.8 Å². The Morgan fingerprint density at radius 2 is 1.89 bits per heavy atom. The number of aryl methyl sites for hydroxylation is 2.